The van der Waals surface area contributed by atoms with Crippen LogP contribution in [0.1, 0.15) is 31.9 Å². The Kier molecular flexibility index (Phi) is 11.6. The number of hydrogen-bond acceptors (Lipinski definition) is 5. The average molecular weight is 648 g/mol. The van der Waals surface area contributed by atoms with Crippen LogP contribution in [0.5, 0.6) is 5.75 Å². The molecule has 0 aliphatic heterocycles. The molecule has 4 aromatic rings. The first-order valence-electron chi connectivity index (χ1n) is 14.8. The van der Waals surface area contributed by atoms with Crippen LogP contribution in [0, 0.1) is 0 Å². The van der Waals surface area contributed by atoms with E-state index in [0.29, 0.717) is 22.9 Å². The molecule has 1 atom stereocenters. The van der Waals surface area contributed by atoms with Crippen LogP contribution < -0.4 is 14.4 Å². The minimum Gasteiger partial charge on any atom is -0.494 e. The van der Waals surface area contributed by atoms with E-state index in [2.05, 4.69) is 5.32 Å². The number of hydrogen-bond donors (Lipinski definition) is 1. The van der Waals surface area contributed by atoms with Crippen molar-refractivity contribution in [2.45, 2.75) is 50.7 Å². The predicted molar refractivity (Wildman–Crippen MR) is 178 cm³/mol. The largest absolute Gasteiger partial charge is 0.494 e. The molecule has 0 bridgehead atoms. The smallest absolute Gasteiger partial charge is 0.264 e. The van der Waals surface area contributed by atoms with Crippen molar-refractivity contribution in [2.24, 2.45) is 0 Å². The molecule has 0 saturated carbocycles. The molecule has 0 heterocycles. The second kappa shape index (κ2) is 15.6. The molecule has 0 fully saturated rings. The zero-order valence-corrected chi connectivity index (χ0v) is 27.2. The fraction of sp³-hybridized carbons (Fsp3) is 0.257. The lowest BCUT2D eigenvalue weighted by Gasteiger charge is -2.34. The molecule has 8 nitrogen and oxygen atoms in total. The minimum atomic E-state index is -4.19. The van der Waals surface area contributed by atoms with Gasteiger partial charge >= 0.3 is 0 Å². The number of anilines is 1. The molecule has 0 unspecified atom stereocenters. The highest BCUT2D eigenvalue weighted by atomic mass is 35.5. The number of carbonyl (C=O) groups excluding carboxylic acids is 2. The quantitative estimate of drug-likeness (QED) is 0.179. The Bertz CT molecular complexity index is 1670. The molecule has 236 valence electrons. The Morgan fingerprint density at radius 2 is 1.47 bits per heavy atom. The number of ether oxygens (including phenoxy) is 1. The molecule has 2 amide bonds. The van der Waals surface area contributed by atoms with E-state index in [4.69, 9.17) is 16.3 Å². The van der Waals surface area contributed by atoms with Crippen molar-refractivity contribution in [3.63, 3.8) is 0 Å². The molecule has 0 aliphatic carbocycles. The van der Waals surface area contributed by atoms with E-state index in [1.54, 1.807) is 60.7 Å². The number of rotatable bonds is 14. The number of halogens is 1. The minimum absolute atomic E-state index is 0.0327. The SMILES string of the molecule is CCOc1ccc(N(CC(=O)N(Cc2cccc(Cl)c2)[C@@H](Cc2ccccc2)C(=O)NC(C)C)S(=O)(=O)c2ccccc2)cc1. The Hall–Kier alpha value is -4.34. The van der Waals surface area contributed by atoms with E-state index < -0.39 is 28.5 Å². The van der Waals surface area contributed by atoms with Crippen LogP contribution in [0.4, 0.5) is 5.69 Å². The number of carbonyl (C=O) groups is 2. The van der Waals surface area contributed by atoms with Gasteiger partial charge in [0.2, 0.25) is 11.8 Å². The molecule has 4 rings (SSSR count). The lowest BCUT2D eigenvalue weighted by molar-refractivity contribution is -0.140. The van der Waals surface area contributed by atoms with E-state index in [1.165, 1.54) is 17.0 Å². The molecule has 45 heavy (non-hydrogen) atoms. The fourth-order valence-corrected chi connectivity index (χ4v) is 6.54. The summed E-state index contributed by atoms with van der Waals surface area (Å²) in [5.74, 6) is -0.327. The van der Waals surface area contributed by atoms with Gasteiger partial charge in [-0.15, -0.1) is 0 Å². The topological polar surface area (TPSA) is 96.0 Å². The van der Waals surface area contributed by atoms with E-state index in [1.807, 2.05) is 57.2 Å². The zero-order valence-electron chi connectivity index (χ0n) is 25.6. The van der Waals surface area contributed by atoms with E-state index in [9.17, 15) is 18.0 Å². The predicted octanol–water partition coefficient (Wildman–Crippen LogP) is 6.10. The average Bonchev–Trinajstić information content (AvgIpc) is 3.02. The lowest BCUT2D eigenvalue weighted by Crippen LogP contribution is -2.54. The Morgan fingerprint density at radius 3 is 2.07 bits per heavy atom. The standard InChI is InChI=1S/C35H38ClN3O5S/c1-4-44-31-20-18-30(19-21-31)39(45(42,43)32-16-9-6-10-17-32)25-34(40)38(24-28-14-11-15-29(36)22-28)33(35(41)37-26(2)3)23-27-12-7-5-8-13-27/h5-22,26,33H,4,23-25H2,1-3H3,(H,37,41)/t33-/m0/s1. The second-order valence-corrected chi connectivity index (χ2v) is 13.1. The summed E-state index contributed by atoms with van der Waals surface area (Å²) < 4.78 is 34.8. The van der Waals surface area contributed by atoms with Gasteiger partial charge in [-0.25, -0.2) is 8.42 Å². The van der Waals surface area contributed by atoms with Gasteiger partial charge in [0, 0.05) is 24.0 Å². The van der Waals surface area contributed by atoms with Crippen molar-refractivity contribution in [3.05, 3.63) is 125 Å². The maximum atomic E-state index is 14.5. The van der Waals surface area contributed by atoms with Gasteiger partial charge in [0.1, 0.15) is 18.3 Å². The molecule has 4 aromatic carbocycles. The van der Waals surface area contributed by atoms with Crippen LogP contribution in [0.15, 0.2) is 114 Å². The van der Waals surface area contributed by atoms with Crippen LogP contribution in [0.2, 0.25) is 5.02 Å². The highest BCUT2D eigenvalue weighted by molar-refractivity contribution is 7.92. The molecular formula is C35H38ClN3O5S. The molecule has 0 saturated heterocycles. The Morgan fingerprint density at radius 1 is 0.844 bits per heavy atom. The van der Waals surface area contributed by atoms with E-state index in [-0.39, 0.29) is 35.5 Å². The van der Waals surface area contributed by atoms with Crippen LogP contribution in [-0.4, -0.2) is 50.4 Å². The van der Waals surface area contributed by atoms with Crippen molar-refractivity contribution < 1.29 is 22.7 Å². The maximum Gasteiger partial charge on any atom is 0.264 e. The molecule has 10 heteroatoms. The first-order valence-corrected chi connectivity index (χ1v) is 16.6. The second-order valence-electron chi connectivity index (χ2n) is 10.8. The number of amides is 2. The first kappa shape index (κ1) is 33.6. The van der Waals surface area contributed by atoms with E-state index in [0.717, 1.165) is 9.87 Å². The number of sulfonamides is 1. The maximum absolute atomic E-state index is 14.5. The van der Waals surface area contributed by atoms with Crippen LogP contribution in [-0.2, 0) is 32.6 Å². The van der Waals surface area contributed by atoms with Crippen molar-refractivity contribution in [1.29, 1.82) is 0 Å². The normalized spacial score (nSPS) is 11.9. The van der Waals surface area contributed by atoms with Gasteiger partial charge < -0.3 is 15.0 Å². The third kappa shape index (κ3) is 9.09. The van der Waals surface area contributed by atoms with Crippen molar-refractivity contribution >= 4 is 39.1 Å². The third-order valence-electron chi connectivity index (χ3n) is 6.99. The van der Waals surface area contributed by atoms with E-state index >= 15 is 0 Å². The number of nitrogens with one attached hydrogen (secondary N) is 1. The Labute approximate surface area is 270 Å². The van der Waals surface area contributed by atoms with Crippen LogP contribution in [0.3, 0.4) is 0 Å². The van der Waals surface area contributed by atoms with Crippen molar-refractivity contribution in [2.75, 3.05) is 17.5 Å². The fourth-order valence-electron chi connectivity index (χ4n) is 4.89. The summed E-state index contributed by atoms with van der Waals surface area (Å²) in [6.07, 6.45) is 0.222. The van der Waals surface area contributed by atoms with Gasteiger partial charge in [-0.1, -0.05) is 72.3 Å². The highest BCUT2D eigenvalue weighted by Gasteiger charge is 2.34. The summed E-state index contributed by atoms with van der Waals surface area (Å²) in [6.45, 7) is 5.48. The summed E-state index contributed by atoms with van der Waals surface area (Å²) in [7, 11) is -4.19. The zero-order chi connectivity index (χ0) is 32.4. The third-order valence-corrected chi connectivity index (χ3v) is 9.01. The molecular weight excluding hydrogens is 610 g/mol. The summed E-state index contributed by atoms with van der Waals surface area (Å²) in [4.78, 5) is 29.7. The van der Waals surface area contributed by atoms with Crippen molar-refractivity contribution in [3.8, 4) is 5.75 Å². The van der Waals surface area contributed by atoms with Gasteiger partial charge in [0.25, 0.3) is 10.0 Å². The molecule has 1 N–H and O–H groups in total. The molecule has 0 aliphatic rings. The van der Waals surface area contributed by atoms with Gasteiger partial charge in [-0.3, -0.25) is 13.9 Å². The van der Waals surface area contributed by atoms with Gasteiger partial charge in [0.05, 0.1) is 17.2 Å². The molecule has 0 aromatic heterocycles. The lowest BCUT2D eigenvalue weighted by atomic mass is 10.0. The Balaban J connectivity index is 1.80. The number of benzene rings is 4. The molecule has 0 radical (unpaired) electrons. The summed E-state index contributed by atoms with van der Waals surface area (Å²) >= 11 is 6.30. The monoisotopic (exact) mass is 647 g/mol. The van der Waals surface area contributed by atoms with Gasteiger partial charge in [-0.2, -0.15) is 0 Å². The highest BCUT2D eigenvalue weighted by Crippen LogP contribution is 2.27. The summed E-state index contributed by atoms with van der Waals surface area (Å²) in [6, 6.07) is 29.8. The first-order chi connectivity index (χ1) is 21.6. The van der Waals surface area contributed by atoms with Crippen LogP contribution in [0.25, 0.3) is 0 Å². The number of nitrogens with zero attached hydrogens (tertiary/aromatic N) is 2. The van der Waals surface area contributed by atoms with Crippen molar-refractivity contribution in [1.82, 2.24) is 10.2 Å². The summed E-state index contributed by atoms with van der Waals surface area (Å²) in [5, 5.41) is 3.43. The molecule has 0 spiro atoms. The van der Waals surface area contributed by atoms with Crippen LogP contribution >= 0.6 is 11.6 Å². The summed E-state index contributed by atoms with van der Waals surface area (Å²) in [5.41, 5.74) is 1.83. The van der Waals surface area contributed by atoms with Gasteiger partial charge in [-0.05, 0) is 80.4 Å². The van der Waals surface area contributed by atoms with Gasteiger partial charge in [0.15, 0.2) is 0 Å².